The lowest BCUT2D eigenvalue weighted by Crippen LogP contribution is -1.92. The van der Waals surface area contributed by atoms with Crippen LogP contribution in [0.25, 0.3) is 10.4 Å². The number of azide groups is 1. The van der Waals surface area contributed by atoms with Gasteiger partial charge in [0.05, 0.1) is 0 Å². The first-order chi connectivity index (χ1) is 7.90. The third-order valence-electron chi connectivity index (χ3n) is 2.29. The molecule has 1 aliphatic rings. The van der Waals surface area contributed by atoms with Gasteiger partial charge in [-0.05, 0) is 23.6 Å². The molecule has 5 nitrogen and oxygen atoms in total. The second kappa shape index (κ2) is 5.06. The standard InChI is InChI=1S/C11H11N5/c12-16-15-5-2-1-3-9-7-10-4-6-13-11(10)14-8-9/h7-8H,2,4-6H2,(H,13,14). The van der Waals surface area contributed by atoms with Crippen molar-refractivity contribution in [3.63, 3.8) is 0 Å². The lowest BCUT2D eigenvalue weighted by Gasteiger charge is -1.97. The molecule has 0 atom stereocenters. The van der Waals surface area contributed by atoms with E-state index in [0.29, 0.717) is 13.0 Å². The fourth-order valence-corrected chi connectivity index (χ4v) is 1.56. The van der Waals surface area contributed by atoms with Crippen molar-refractivity contribution in [2.24, 2.45) is 5.11 Å². The van der Waals surface area contributed by atoms with Gasteiger partial charge in [-0.25, -0.2) is 4.98 Å². The van der Waals surface area contributed by atoms with Gasteiger partial charge >= 0.3 is 0 Å². The lowest BCUT2D eigenvalue weighted by molar-refractivity contribution is 1.01. The molecule has 0 unspecified atom stereocenters. The number of nitrogens with one attached hydrogen (secondary N) is 1. The molecule has 2 heterocycles. The average molecular weight is 213 g/mol. The maximum Gasteiger partial charge on any atom is 0.129 e. The van der Waals surface area contributed by atoms with Crippen LogP contribution < -0.4 is 5.32 Å². The SMILES string of the molecule is [N-]=[N+]=NCCC#Cc1cnc2c(c1)CCN2. The molecule has 1 aromatic heterocycles. The van der Waals surface area contributed by atoms with E-state index in [9.17, 15) is 0 Å². The maximum absolute atomic E-state index is 8.08. The van der Waals surface area contributed by atoms with Gasteiger partial charge in [-0.15, -0.1) is 0 Å². The Balaban J connectivity index is 2.02. The van der Waals surface area contributed by atoms with Crippen LogP contribution in [0.15, 0.2) is 17.4 Å². The first-order valence-electron chi connectivity index (χ1n) is 5.12. The van der Waals surface area contributed by atoms with E-state index >= 15 is 0 Å². The smallest absolute Gasteiger partial charge is 0.129 e. The highest BCUT2D eigenvalue weighted by Crippen LogP contribution is 2.19. The van der Waals surface area contributed by atoms with Crippen LogP contribution in [0, 0.1) is 11.8 Å². The van der Waals surface area contributed by atoms with Crippen LogP contribution >= 0.6 is 0 Å². The van der Waals surface area contributed by atoms with Crippen LogP contribution in [0.2, 0.25) is 0 Å². The van der Waals surface area contributed by atoms with Crippen molar-refractivity contribution >= 4 is 5.82 Å². The van der Waals surface area contributed by atoms with Gasteiger partial charge < -0.3 is 5.32 Å². The molecule has 0 fully saturated rings. The fourth-order valence-electron chi connectivity index (χ4n) is 1.56. The number of anilines is 1. The van der Waals surface area contributed by atoms with Gasteiger partial charge in [0, 0.05) is 36.2 Å². The predicted octanol–water partition coefficient (Wildman–Crippen LogP) is 2.10. The molecular weight excluding hydrogens is 202 g/mol. The van der Waals surface area contributed by atoms with Crippen molar-refractivity contribution in [1.29, 1.82) is 0 Å². The molecule has 1 aromatic rings. The van der Waals surface area contributed by atoms with Gasteiger partial charge in [-0.2, -0.15) is 0 Å². The minimum atomic E-state index is 0.420. The molecule has 0 aromatic carbocycles. The Morgan fingerprint density at radius 3 is 3.44 bits per heavy atom. The predicted molar refractivity (Wildman–Crippen MR) is 61.9 cm³/mol. The van der Waals surface area contributed by atoms with E-state index < -0.39 is 0 Å². The van der Waals surface area contributed by atoms with E-state index in [4.69, 9.17) is 5.53 Å². The summed E-state index contributed by atoms with van der Waals surface area (Å²) in [5.74, 6) is 6.93. The minimum absolute atomic E-state index is 0.420. The molecule has 0 saturated heterocycles. The highest BCUT2D eigenvalue weighted by molar-refractivity contribution is 5.52. The first-order valence-corrected chi connectivity index (χ1v) is 5.12. The van der Waals surface area contributed by atoms with Crippen LogP contribution in [-0.4, -0.2) is 18.1 Å². The van der Waals surface area contributed by atoms with Crippen molar-refractivity contribution < 1.29 is 0 Å². The quantitative estimate of drug-likeness (QED) is 0.268. The van der Waals surface area contributed by atoms with E-state index in [1.165, 1.54) is 5.56 Å². The summed E-state index contributed by atoms with van der Waals surface area (Å²) >= 11 is 0. The van der Waals surface area contributed by atoms with E-state index in [1.807, 2.05) is 0 Å². The molecular formula is C11H11N5. The largest absolute Gasteiger partial charge is 0.370 e. The zero-order chi connectivity index (χ0) is 11.2. The van der Waals surface area contributed by atoms with Gasteiger partial charge in [0.25, 0.3) is 0 Å². The van der Waals surface area contributed by atoms with Gasteiger partial charge in [0.2, 0.25) is 0 Å². The van der Waals surface area contributed by atoms with Crippen molar-refractivity contribution in [3.8, 4) is 11.8 Å². The topological polar surface area (TPSA) is 73.7 Å². The molecule has 0 radical (unpaired) electrons. The summed E-state index contributed by atoms with van der Waals surface area (Å²) in [6.07, 6.45) is 3.35. The minimum Gasteiger partial charge on any atom is -0.370 e. The molecule has 1 aliphatic heterocycles. The van der Waals surface area contributed by atoms with Crippen LogP contribution in [0.5, 0.6) is 0 Å². The number of hydrogen-bond donors (Lipinski definition) is 1. The molecule has 0 aliphatic carbocycles. The first kappa shape index (κ1) is 10.3. The number of aromatic nitrogens is 1. The lowest BCUT2D eigenvalue weighted by atomic mass is 10.1. The molecule has 1 N–H and O–H groups in total. The van der Waals surface area contributed by atoms with Gasteiger partial charge in [0.1, 0.15) is 5.82 Å². The van der Waals surface area contributed by atoms with Crippen molar-refractivity contribution in [3.05, 3.63) is 33.8 Å². The normalized spacial score (nSPS) is 11.8. The van der Waals surface area contributed by atoms with E-state index in [-0.39, 0.29) is 0 Å². The van der Waals surface area contributed by atoms with E-state index in [1.54, 1.807) is 6.20 Å². The zero-order valence-corrected chi connectivity index (χ0v) is 8.77. The Morgan fingerprint density at radius 2 is 2.56 bits per heavy atom. The summed E-state index contributed by atoms with van der Waals surface area (Å²) in [5, 5.41) is 6.61. The Bertz CT molecular complexity index is 491. The van der Waals surface area contributed by atoms with Gasteiger partial charge in [0.15, 0.2) is 0 Å². The summed E-state index contributed by atoms with van der Waals surface area (Å²) < 4.78 is 0. The Labute approximate surface area is 93.5 Å². The summed E-state index contributed by atoms with van der Waals surface area (Å²) in [4.78, 5) is 6.94. The Hall–Kier alpha value is -2.18. The number of nitrogens with zero attached hydrogens (tertiary/aromatic N) is 4. The van der Waals surface area contributed by atoms with Crippen LogP contribution in [0.3, 0.4) is 0 Å². The Kier molecular flexibility index (Phi) is 3.27. The van der Waals surface area contributed by atoms with Crippen LogP contribution in [-0.2, 0) is 6.42 Å². The molecule has 80 valence electrons. The van der Waals surface area contributed by atoms with Crippen LogP contribution in [0.1, 0.15) is 17.5 Å². The van der Waals surface area contributed by atoms with Crippen molar-refractivity contribution in [1.82, 2.24) is 4.98 Å². The number of fused-ring (bicyclic) bond motifs is 1. The molecule has 0 saturated carbocycles. The van der Waals surface area contributed by atoms with Gasteiger partial charge in [-0.3, -0.25) is 0 Å². The monoisotopic (exact) mass is 213 g/mol. The summed E-state index contributed by atoms with van der Waals surface area (Å²) in [5.41, 5.74) is 10.2. The van der Waals surface area contributed by atoms with Crippen molar-refractivity contribution in [2.75, 3.05) is 18.4 Å². The summed E-state index contributed by atoms with van der Waals surface area (Å²) in [6.45, 7) is 1.37. The molecule has 16 heavy (non-hydrogen) atoms. The fraction of sp³-hybridized carbons (Fsp3) is 0.364. The molecule has 0 spiro atoms. The van der Waals surface area contributed by atoms with E-state index in [2.05, 4.69) is 38.2 Å². The van der Waals surface area contributed by atoms with Crippen LogP contribution in [0.4, 0.5) is 5.82 Å². The second-order valence-electron chi connectivity index (χ2n) is 3.41. The van der Waals surface area contributed by atoms with Crippen molar-refractivity contribution in [2.45, 2.75) is 12.8 Å². The van der Waals surface area contributed by atoms with Gasteiger partial charge in [-0.1, -0.05) is 17.0 Å². The highest BCUT2D eigenvalue weighted by atomic mass is 15.1. The number of rotatable bonds is 2. The summed E-state index contributed by atoms with van der Waals surface area (Å²) in [7, 11) is 0. The highest BCUT2D eigenvalue weighted by Gasteiger charge is 2.10. The molecule has 2 rings (SSSR count). The molecule has 0 bridgehead atoms. The third kappa shape index (κ3) is 2.44. The number of hydrogen-bond acceptors (Lipinski definition) is 3. The van der Waals surface area contributed by atoms with E-state index in [0.717, 1.165) is 24.3 Å². The number of pyridine rings is 1. The second-order valence-corrected chi connectivity index (χ2v) is 3.41. The maximum atomic E-state index is 8.08. The third-order valence-corrected chi connectivity index (χ3v) is 2.29. The molecule has 0 amide bonds. The average Bonchev–Trinajstić information content (AvgIpc) is 2.76. The molecule has 5 heteroatoms. The Morgan fingerprint density at radius 1 is 1.62 bits per heavy atom. The zero-order valence-electron chi connectivity index (χ0n) is 8.77. The summed E-state index contributed by atoms with van der Waals surface area (Å²) in [6, 6.07) is 2.06.